The van der Waals surface area contributed by atoms with Gasteiger partial charge in [0.1, 0.15) is 5.75 Å². The van der Waals surface area contributed by atoms with Gasteiger partial charge in [0.25, 0.3) is 5.91 Å². The van der Waals surface area contributed by atoms with Crippen molar-refractivity contribution in [2.75, 3.05) is 19.0 Å². The molecule has 0 fully saturated rings. The summed E-state index contributed by atoms with van der Waals surface area (Å²) in [6.45, 7) is 1.16. The van der Waals surface area contributed by atoms with E-state index in [9.17, 15) is 4.79 Å². The Bertz CT molecular complexity index is 850. The Morgan fingerprint density at radius 2 is 1.67 bits per heavy atom. The summed E-state index contributed by atoms with van der Waals surface area (Å²) in [4.78, 5) is 20.6. The Morgan fingerprint density at radius 3 is 2.33 bits per heavy atom. The first kappa shape index (κ1) is 18.4. The molecule has 6 nitrogen and oxygen atoms in total. The van der Waals surface area contributed by atoms with Crippen molar-refractivity contribution in [3.63, 3.8) is 0 Å². The molecule has 0 aliphatic carbocycles. The van der Waals surface area contributed by atoms with Crippen LogP contribution in [0.5, 0.6) is 5.75 Å². The molecule has 6 heteroatoms. The highest BCUT2D eigenvalue weighted by Gasteiger charge is 2.07. The normalized spacial score (nSPS) is 10.3. The highest BCUT2D eigenvalue weighted by molar-refractivity contribution is 5.93. The quantitative estimate of drug-likeness (QED) is 0.644. The van der Waals surface area contributed by atoms with E-state index in [0.717, 1.165) is 24.3 Å². The zero-order chi connectivity index (χ0) is 18.9. The summed E-state index contributed by atoms with van der Waals surface area (Å²) >= 11 is 0. The van der Waals surface area contributed by atoms with Crippen LogP contribution in [0.1, 0.15) is 21.5 Å². The molecule has 27 heavy (non-hydrogen) atoms. The molecule has 2 N–H and O–H groups in total. The third-order valence-corrected chi connectivity index (χ3v) is 4.07. The van der Waals surface area contributed by atoms with Crippen molar-refractivity contribution in [3.8, 4) is 5.75 Å². The molecular weight excluding hydrogens is 340 g/mol. The first-order valence-corrected chi connectivity index (χ1v) is 8.75. The van der Waals surface area contributed by atoms with E-state index in [1.54, 1.807) is 7.11 Å². The lowest BCUT2D eigenvalue weighted by Crippen LogP contribution is -2.23. The average Bonchev–Trinajstić information content (AvgIpc) is 2.73. The highest BCUT2D eigenvalue weighted by Crippen LogP contribution is 2.11. The van der Waals surface area contributed by atoms with Crippen molar-refractivity contribution < 1.29 is 9.53 Å². The number of hydrogen-bond donors (Lipinski definition) is 2. The fourth-order valence-electron chi connectivity index (χ4n) is 2.53. The fraction of sp³-hybridized carbons (Fsp3) is 0.190. The maximum absolute atomic E-state index is 12.2. The van der Waals surface area contributed by atoms with Crippen LogP contribution in [0.3, 0.4) is 0 Å². The molecule has 3 aromatic rings. The van der Waals surface area contributed by atoms with Gasteiger partial charge in [0.15, 0.2) is 0 Å². The zero-order valence-corrected chi connectivity index (χ0v) is 15.2. The standard InChI is InChI=1S/C21H22N4O2/c1-27-19-9-7-17(8-10-19)13-23-20(26)18-14-24-21(25-15-18)22-12-11-16-5-3-2-4-6-16/h2-10,14-15H,11-13H2,1H3,(H,23,26)(H,22,24,25). The van der Waals surface area contributed by atoms with Gasteiger partial charge in [-0.25, -0.2) is 9.97 Å². The third-order valence-electron chi connectivity index (χ3n) is 4.07. The first-order chi connectivity index (χ1) is 13.2. The lowest BCUT2D eigenvalue weighted by atomic mass is 10.1. The molecule has 2 aromatic carbocycles. The molecule has 1 heterocycles. The highest BCUT2D eigenvalue weighted by atomic mass is 16.5. The van der Waals surface area contributed by atoms with E-state index in [2.05, 4.69) is 32.7 Å². The lowest BCUT2D eigenvalue weighted by molar-refractivity contribution is 0.0950. The van der Waals surface area contributed by atoms with E-state index in [-0.39, 0.29) is 5.91 Å². The van der Waals surface area contributed by atoms with Crippen LogP contribution in [0.25, 0.3) is 0 Å². The van der Waals surface area contributed by atoms with Gasteiger partial charge < -0.3 is 15.4 Å². The third kappa shape index (κ3) is 5.54. The number of carbonyl (C=O) groups is 1. The van der Waals surface area contributed by atoms with Gasteiger partial charge in [0.05, 0.1) is 12.7 Å². The van der Waals surface area contributed by atoms with Crippen molar-refractivity contribution in [1.29, 1.82) is 0 Å². The summed E-state index contributed by atoms with van der Waals surface area (Å²) in [5.74, 6) is 1.09. The van der Waals surface area contributed by atoms with Gasteiger partial charge in [-0.3, -0.25) is 4.79 Å². The minimum Gasteiger partial charge on any atom is -0.497 e. The predicted molar refractivity (Wildman–Crippen MR) is 105 cm³/mol. The number of methoxy groups -OCH3 is 1. The Hall–Kier alpha value is -3.41. The maximum atomic E-state index is 12.2. The van der Waals surface area contributed by atoms with Crippen LogP contribution in [0, 0.1) is 0 Å². The Morgan fingerprint density at radius 1 is 0.963 bits per heavy atom. The van der Waals surface area contributed by atoms with Gasteiger partial charge in [-0.15, -0.1) is 0 Å². The molecule has 0 aliphatic heterocycles. The van der Waals surface area contributed by atoms with Crippen LogP contribution in [0.15, 0.2) is 67.0 Å². The smallest absolute Gasteiger partial charge is 0.254 e. The number of hydrogen-bond acceptors (Lipinski definition) is 5. The SMILES string of the molecule is COc1ccc(CNC(=O)c2cnc(NCCc3ccccc3)nc2)cc1. The lowest BCUT2D eigenvalue weighted by Gasteiger charge is -2.07. The molecule has 0 unspecified atom stereocenters. The van der Waals surface area contributed by atoms with Crippen LogP contribution >= 0.6 is 0 Å². The molecule has 0 atom stereocenters. The number of anilines is 1. The summed E-state index contributed by atoms with van der Waals surface area (Å²) in [7, 11) is 1.62. The molecule has 1 amide bonds. The van der Waals surface area contributed by atoms with E-state index < -0.39 is 0 Å². The van der Waals surface area contributed by atoms with E-state index in [1.807, 2.05) is 42.5 Å². The molecule has 0 bridgehead atoms. The molecule has 0 spiro atoms. The van der Waals surface area contributed by atoms with Gasteiger partial charge in [-0.1, -0.05) is 42.5 Å². The van der Waals surface area contributed by atoms with Crippen molar-refractivity contribution >= 4 is 11.9 Å². The van der Waals surface area contributed by atoms with Crippen molar-refractivity contribution in [2.45, 2.75) is 13.0 Å². The number of carbonyl (C=O) groups excluding carboxylic acids is 1. The molecule has 0 radical (unpaired) electrons. The largest absolute Gasteiger partial charge is 0.497 e. The molecule has 138 valence electrons. The van der Waals surface area contributed by atoms with Crippen molar-refractivity contribution in [3.05, 3.63) is 83.7 Å². The van der Waals surface area contributed by atoms with E-state index >= 15 is 0 Å². The molecule has 0 aliphatic rings. The molecule has 1 aromatic heterocycles. The second-order valence-electron chi connectivity index (χ2n) is 5.99. The second-order valence-corrected chi connectivity index (χ2v) is 5.99. The minimum absolute atomic E-state index is 0.207. The topological polar surface area (TPSA) is 76.1 Å². The van der Waals surface area contributed by atoms with E-state index in [1.165, 1.54) is 18.0 Å². The van der Waals surface area contributed by atoms with Gasteiger partial charge >= 0.3 is 0 Å². The monoisotopic (exact) mass is 362 g/mol. The van der Waals surface area contributed by atoms with Crippen LogP contribution in [-0.4, -0.2) is 29.5 Å². The van der Waals surface area contributed by atoms with E-state index in [0.29, 0.717) is 18.1 Å². The molecule has 3 rings (SSSR count). The van der Waals surface area contributed by atoms with Gasteiger partial charge in [0.2, 0.25) is 5.95 Å². The maximum Gasteiger partial charge on any atom is 0.254 e. The number of ether oxygens (including phenoxy) is 1. The number of nitrogens with zero attached hydrogens (tertiary/aromatic N) is 2. The Kier molecular flexibility index (Phi) is 6.35. The van der Waals surface area contributed by atoms with Crippen LogP contribution < -0.4 is 15.4 Å². The Labute approximate surface area is 158 Å². The van der Waals surface area contributed by atoms with Gasteiger partial charge in [-0.2, -0.15) is 0 Å². The fourth-order valence-corrected chi connectivity index (χ4v) is 2.53. The first-order valence-electron chi connectivity index (χ1n) is 8.75. The minimum atomic E-state index is -0.207. The second kappa shape index (κ2) is 9.33. The summed E-state index contributed by atoms with van der Waals surface area (Å²) in [6.07, 6.45) is 3.94. The van der Waals surface area contributed by atoms with Crippen LogP contribution in [-0.2, 0) is 13.0 Å². The summed E-state index contributed by atoms with van der Waals surface area (Å²) < 4.78 is 5.12. The average molecular weight is 362 g/mol. The van der Waals surface area contributed by atoms with Gasteiger partial charge in [0, 0.05) is 25.5 Å². The van der Waals surface area contributed by atoms with Crippen molar-refractivity contribution in [1.82, 2.24) is 15.3 Å². The van der Waals surface area contributed by atoms with Crippen LogP contribution in [0.2, 0.25) is 0 Å². The molecule has 0 saturated heterocycles. The molecule has 0 saturated carbocycles. The van der Waals surface area contributed by atoms with Crippen molar-refractivity contribution in [2.24, 2.45) is 0 Å². The number of aromatic nitrogens is 2. The summed E-state index contributed by atoms with van der Waals surface area (Å²) in [6, 6.07) is 17.7. The number of benzene rings is 2. The number of nitrogens with one attached hydrogen (secondary N) is 2. The summed E-state index contributed by atoms with van der Waals surface area (Å²) in [5.41, 5.74) is 2.67. The van der Waals surface area contributed by atoms with E-state index in [4.69, 9.17) is 4.74 Å². The van der Waals surface area contributed by atoms with Gasteiger partial charge in [-0.05, 0) is 29.7 Å². The Balaban J connectivity index is 1.46. The van der Waals surface area contributed by atoms with Crippen LogP contribution in [0.4, 0.5) is 5.95 Å². The summed E-state index contributed by atoms with van der Waals surface area (Å²) in [5, 5.41) is 6.02. The number of amides is 1. The zero-order valence-electron chi connectivity index (χ0n) is 15.2. The molecular formula is C21H22N4O2. The predicted octanol–water partition coefficient (Wildman–Crippen LogP) is 3.07. The number of rotatable bonds is 8.